The molecule has 0 N–H and O–H groups in total. The highest BCUT2D eigenvalue weighted by Gasteiger charge is 2.51. The molecule has 2 aromatic rings. The minimum atomic E-state index is 0.326. The van der Waals surface area contributed by atoms with E-state index in [1.165, 1.54) is 23.2 Å². The zero-order valence-corrected chi connectivity index (χ0v) is 11.9. The van der Waals surface area contributed by atoms with Gasteiger partial charge in [0.2, 0.25) is 0 Å². The van der Waals surface area contributed by atoms with E-state index in [4.69, 9.17) is 0 Å². The second kappa shape index (κ2) is 4.41. The lowest BCUT2D eigenvalue weighted by atomic mass is 9.92. The molecule has 1 fully saturated rings. The summed E-state index contributed by atoms with van der Waals surface area (Å²) in [5.74, 6) is 0.680. The maximum absolute atomic E-state index is 2.38. The van der Waals surface area contributed by atoms with Gasteiger partial charge in [0, 0.05) is 19.8 Å². The third-order valence-corrected chi connectivity index (χ3v) is 4.48. The lowest BCUT2D eigenvalue weighted by Gasteiger charge is -2.16. The van der Waals surface area contributed by atoms with Gasteiger partial charge in [-0.05, 0) is 41.0 Å². The van der Waals surface area contributed by atoms with E-state index in [0.29, 0.717) is 11.3 Å². The fraction of sp³-hybridized carbons (Fsp3) is 0.333. The summed E-state index contributed by atoms with van der Waals surface area (Å²) < 4.78 is 0. The van der Waals surface area contributed by atoms with Crippen molar-refractivity contribution >= 4 is 5.69 Å². The number of hydrogen-bond donors (Lipinski definition) is 0. The molecule has 0 aromatic heterocycles. The Kier molecular flexibility index (Phi) is 2.85. The van der Waals surface area contributed by atoms with E-state index < -0.39 is 0 Å². The Hall–Kier alpha value is -1.76. The molecular formula is C18H21N. The first-order chi connectivity index (χ1) is 9.11. The zero-order chi connectivity index (χ0) is 13.5. The molecule has 1 nitrogen and oxygen atoms in total. The number of benzene rings is 2. The first kappa shape index (κ1) is 12.3. The molecule has 0 spiro atoms. The van der Waals surface area contributed by atoms with E-state index in [1.807, 2.05) is 0 Å². The average molecular weight is 251 g/mol. The van der Waals surface area contributed by atoms with Gasteiger partial charge in [-0.1, -0.05) is 49.4 Å². The van der Waals surface area contributed by atoms with Crippen LogP contribution < -0.4 is 4.90 Å². The Balaban J connectivity index is 1.84. The van der Waals surface area contributed by atoms with Crippen LogP contribution in [0, 0.1) is 0 Å². The van der Waals surface area contributed by atoms with Crippen LogP contribution in [0.2, 0.25) is 0 Å². The second-order valence-electron chi connectivity index (χ2n) is 6.03. The lowest BCUT2D eigenvalue weighted by Crippen LogP contribution is -2.09. The highest BCUT2D eigenvalue weighted by molar-refractivity contribution is 5.50. The van der Waals surface area contributed by atoms with Gasteiger partial charge in [-0.2, -0.15) is 0 Å². The molecule has 1 aliphatic rings. The first-order valence-corrected chi connectivity index (χ1v) is 6.94. The number of nitrogens with zero attached hydrogens (tertiary/aromatic N) is 1. The Morgan fingerprint density at radius 1 is 0.947 bits per heavy atom. The van der Waals surface area contributed by atoms with Crippen LogP contribution in [0.4, 0.5) is 5.69 Å². The van der Waals surface area contributed by atoms with Crippen molar-refractivity contribution in [3.63, 3.8) is 0 Å². The summed E-state index contributed by atoms with van der Waals surface area (Å²) >= 11 is 0. The molecule has 1 heteroatoms. The Morgan fingerprint density at radius 3 is 2.16 bits per heavy atom. The van der Waals surface area contributed by atoms with Gasteiger partial charge < -0.3 is 4.90 Å². The molecule has 0 amide bonds. The molecule has 3 rings (SSSR count). The summed E-state index contributed by atoms with van der Waals surface area (Å²) in [6.45, 7) is 2.38. The molecule has 1 aliphatic carbocycles. The minimum absolute atomic E-state index is 0.326. The highest BCUT2D eigenvalue weighted by Crippen LogP contribution is 2.60. The van der Waals surface area contributed by atoms with Crippen LogP contribution in [-0.2, 0) is 5.41 Å². The van der Waals surface area contributed by atoms with Gasteiger partial charge in [0.25, 0.3) is 0 Å². The minimum Gasteiger partial charge on any atom is -0.378 e. The molecule has 2 aromatic carbocycles. The molecule has 0 bridgehead atoms. The van der Waals surface area contributed by atoms with Gasteiger partial charge in [0.1, 0.15) is 0 Å². The predicted octanol–water partition coefficient (Wildman–Crippen LogP) is 4.20. The Bertz CT molecular complexity index is 556. The van der Waals surface area contributed by atoms with Crippen molar-refractivity contribution in [1.29, 1.82) is 0 Å². The van der Waals surface area contributed by atoms with Crippen LogP contribution in [0.5, 0.6) is 0 Å². The van der Waals surface area contributed by atoms with Crippen LogP contribution in [0.15, 0.2) is 54.6 Å². The van der Waals surface area contributed by atoms with Crippen LogP contribution in [0.3, 0.4) is 0 Å². The Labute approximate surface area is 115 Å². The smallest absolute Gasteiger partial charge is 0.0361 e. The third-order valence-electron chi connectivity index (χ3n) is 4.48. The van der Waals surface area contributed by atoms with Crippen LogP contribution in [0.25, 0.3) is 0 Å². The van der Waals surface area contributed by atoms with E-state index in [1.54, 1.807) is 0 Å². The van der Waals surface area contributed by atoms with Gasteiger partial charge >= 0.3 is 0 Å². The number of rotatable bonds is 3. The highest BCUT2D eigenvalue weighted by atomic mass is 15.1. The molecule has 19 heavy (non-hydrogen) atoms. The van der Waals surface area contributed by atoms with Gasteiger partial charge in [-0.3, -0.25) is 0 Å². The zero-order valence-electron chi connectivity index (χ0n) is 11.9. The number of hydrogen-bond acceptors (Lipinski definition) is 1. The van der Waals surface area contributed by atoms with Crippen molar-refractivity contribution in [2.75, 3.05) is 19.0 Å². The van der Waals surface area contributed by atoms with E-state index >= 15 is 0 Å². The van der Waals surface area contributed by atoms with E-state index in [2.05, 4.69) is 80.5 Å². The molecule has 98 valence electrons. The van der Waals surface area contributed by atoms with Crippen LogP contribution >= 0.6 is 0 Å². The maximum atomic E-state index is 2.38. The average Bonchev–Trinajstić information content (AvgIpc) is 3.14. The van der Waals surface area contributed by atoms with E-state index in [0.717, 1.165) is 0 Å². The summed E-state index contributed by atoms with van der Waals surface area (Å²) in [5, 5.41) is 0. The fourth-order valence-electron chi connectivity index (χ4n) is 3.00. The van der Waals surface area contributed by atoms with Crippen LogP contribution in [-0.4, -0.2) is 14.1 Å². The van der Waals surface area contributed by atoms with Crippen molar-refractivity contribution < 1.29 is 0 Å². The Morgan fingerprint density at radius 2 is 1.58 bits per heavy atom. The van der Waals surface area contributed by atoms with Gasteiger partial charge in [-0.15, -0.1) is 0 Å². The van der Waals surface area contributed by atoms with Crippen molar-refractivity contribution in [2.45, 2.75) is 24.7 Å². The quantitative estimate of drug-likeness (QED) is 0.790. The molecular weight excluding hydrogens is 230 g/mol. The summed E-state index contributed by atoms with van der Waals surface area (Å²) in [6, 6.07) is 19.9. The van der Waals surface area contributed by atoms with Gasteiger partial charge in [-0.25, -0.2) is 0 Å². The fourth-order valence-corrected chi connectivity index (χ4v) is 3.00. The molecule has 0 unspecified atom stereocenters. The van der Waals surface area contributed by atoms with Crippen molar-refractivity contribution in [3.05, 3.63) is 65.7 Å². The summed E-state index contributed by atoms with van der Waals surface area (Å²) in [7, 11) is 4.17. The monoisotopic (exact) mass is 251 g/mol. The third kappa shape index (κ3) is 2.14. The summed E-state index contributed by atoms with van der Waals surface area (Å²) in [6.07, 6.45) is 1.26. The molecule has 1 saturated carbocycles. The maximum Gasteiger partial charge on any atom is 0.0361 e. The molecule has 0 heterocycles. The van der Waals surface area contributed by atoms with Gasteiger partial charge in [0.15, 0.2) is 0 Å². The first-order valence-electron chi connectivity index (χ1n) is 6.94. The van der Waals surface area contributed by atoms with E-state index in [-0.39, 0.29) is 0 Å². The van der Waals surface area contributed by atoms with E-state index in [9.17, 15) is 0 Å². The SMILES string of the molecule is CN(C)c1ccc([C@@]2(C)C[C@@H]2c2ccccc2)cc1. The van der Waals surface area contributed by atoms with Crippen molar-refractivity contribution in [2.24, 2.45) is 0 Å². The van der Waals surface area contributed by atoms with Crippen molar-refractivity contribution in [1.82, 2.24) is 0 Å². The lowest BCUT2D eigenvalue weighted by molar-refractivity contribution is 0.748. The molecule has 0 saturated heterocycles. The van der Waals surface area contributed by atoms with Gasteiger partial charge in [0.05, 0.1) is 0 Å². The second-order valence-corrected chi connectivity index (χ2v) is 6.03. The normalized spacial score (nSPS) is 25.1. The van der Waals surface area contributed by atoms with Crippen LogP contribution in [0.1, 0.15) is 30.4 Å². The standard InChI is InChI=1S/C18H21N/c1-18(13-17(18)14-7-5-4-6-8-14)15-9-11-16(12-10-15)19(2)3/h4-12,17H,13H2,1-3H3/t17-,18-/m1/s1. The number of anilines is 1. The molecule has 0 radical (unpaired) electrons. The molecule has 2 atom stereocenters. The summed E-state index contributed by atoms with van der Waals surface area (Å²) in [5.41, 5.74) is 4.53. The molecule has 0 aliphatic heterocycles. The van der Waals surface area contributed by atoms with Crippen molar-refractivity contribution in [3.8, 4) is 0 Å². The summed E-state index contributed by atoms with van der Waals surface area (Å²) in [4.78, 5) is 2.15. The topological polar surface area (TPSA) is 3.24 Å². The largest absolute Gasteiger partial charge is 0.378 e. The predicted molar refractivity (Wildman–Crippen MR) is 81.9 cm³/mol.